The molecule has 1 atom stereocenters. The number of halogens is 2. The number of likely N-dealkylation sites (N-methyl/N-ethyl adjacent to an activating group) is 1. The van der Waals surface area contributed by atoms with Crippen LogP contribution in [-0.2, 0) is 16.1 Å². The van der Waals surface area contributed by atoms with Gasteiger partial charge in [0.2, 0.25) is 5.91 Å². The minimum absolute atomic E-state index is 0.194. The van der Waals surface area contributed by atoms with Crippen molar-refractivity contribution in [3.8, 4) is 5.75 Å². The fourth-order valence-electron chi connectivity index (χ4n) is 3.24. The van der Waals surface area contributed by atoms with Crippen molar-refractivity contribution in [2.45, 2.75) is 46.7 Å². The molecule has 0 saturated carbocycles. The Morgan fingerprint density at radius 2 is 1.73 bits per heavy atom. The quantitative estimate of drug-likeness (QED) is 0.588. The molecule has 7 heteroatoms. The molecule has 0 aliphatic heterocycles. The Balaban J connectivity index is 2.24. The van der Waals surface area contributed by atoms with Crippen molar-refractivity contribution in [2.75, 3.05) is 13.2 Å². The van der Waals surface area contributed by atoms with E-state index in [0.29, 0.717) is 28.8 Å². The summed E-state index contributed by atoms with van der Waals surface area (Å²) in [4.78, 5) is 27.3. The van der Waals surface area contributed by atoms with Crippen molar-refractivity contribution >= 4 is 35.0 Å². The first-order valence-electron chi connectivity index (χ1n) is 9.98. The van der Waals surface area contributed by atoms with E-state index >= 15 is 0 Å². The Morgan fingerprint density at radius 3 is 2.30 bits per heavy atom. The topological polar surface area (TPSA) is 58.6 Å². The smallest absolute Gasteiger partial charge is 0.261 e. The lowest BCUT2D eigenvalue weighted by atomic mass is 10.1. The average Bonchev–Trinajstić information content (AvgIpc) is 2.71. The first kappa shape index (κ1) is 24.0. The zero-order valence-electron chi connectivity index (χ0n) is 17.8. The molecule has 0 bridgehead atoms. The highest BCUT2D eigenvalue weighted by atomic mass is 35.5. The normalized spacial score (nSPS) is 11.7. The molecule has 0 fully saturated rings. The van der Waals surface area contributed by atoms with E-state index in [1.165, 1.54) is 4.90 Å². The Kier molecular flexibility index (Phi) is 9.00. The van der Waals surface area contributed by atoms with Crippen LogP contribution in [-0.4, -0.2) is 35.9 Å². The number of aryl methyl sites for hydroxylation is 2. The Labute approximate surface area is 188 Å². The number of hydrogen-bond donors (Lipinski definition) is 1. The highest BCUT2D eigenvalue weighted by molar-refractivity contribution is 6.32. The van der Waals surface area contributed by atoms with Gasteiger partial charge in [-0.1, -0.05) is 48.3 Å². The molecular weight excluding hydrogens is 423 g/mol. The number of carbonyl (C=O) groups excluding carboxylic acids is 2. The lowest BCUT2D eigenvalue weighted by Gasteiger charge is -2.30. The maximum atomic E-state index is 13.1. The molecule has 0 aliphatic carbocycles. The van der Waals surface area contributed by atoms with Crippen LogP contribution in [0, 0.1) is 13.8 Å². The molecule has 0 saturated heterocycles. The van der Waals surface area contributed by atoms with Gasteiger partial charge in [0.25, 0.3) is 5.91 Å². The summed E-state index contributed by atoms with van der Waals surface area (Å²) in [5.41, 5.74) is 2.52. The Hall–Kier alpha value is -2.24. The van der Waals surface area contributed by atoms with Crippen LogP contribution in [0.4, 0.5) is 0 Å². The van der Waals surface area contributed by atoms with Crippen molar-refractivity contribution in [1.29, 1.82) is 0 Å². The number of amides is 2. The highest BCUT2D eigenvalue weighted by Crippen LogP contribution is 2.26. The summed E-state index contributed by atoms with van der Waals surface area (Å²) in [6, 6.07) is 10.3. The van der Waals surface area contributed by atoms with Crippen molar-refractivity contribution in [3.63, 3.8) is 0 Å². The third kappa shape index (κ3) is 6.13. The molecule has 30 heavy (non-hydrogen) atoms. The summed E-state index contributed by atoms with van der Waals surface area (Å²) >= 11 is 12.5. The predicted octanol–water partition coefficient (Wildman–Crippen LogP) is 4.93. The number of hydrogen-bond acceptors (Lipinski definition) is 3. The number of ether oxygens (including phenoxy) is 1. The second-order valence-corrected chi connectivity index (χ2v) is 7.88. The lowest BCUT2D eigenvalue weighted by molar-refractivity contribution is -0.142. The molecule has 5 nitrogen and oxygen atoms in total. The van der Waals surface area contributed by atoms with E-state index in [4.69, 9.17) is 27.9 Å². The van der Waals surface area contributed by atoms with Crippen molar-refractivity contribution in [1.82, 2.24) is 10.2 Å². The number of rotatable bonds is 9. The fourth-order valence-corrected chi connectivity index (χ4v) is 3.54. The first-order valence-corrected chi connectivity index (χ1v) is 10.7. The van der Waals surface area contributed by atoms with E-state index in [0.717, 1.165) is 16.7 Å². The molecule has 162 valence electrons. The number of nitrogens with one attached hydrogen (secondary N) is 1. The largest absolute Gasteiger partial charge is 0.484 e. The van der Waals surface area contributed by atoms with Crippen molar-refractivity contribution in [2.24, 2.45) is 0 Å². The van der Waals surface area contributed by atoms with E-state index in [1.54, 1.807) is 18.2 Å². The van der Waals surface area contributed by atoms with Gasteiger partial charge < -0.3 is 15.0 Å². The van der Waals surface area contributed by atoms with Gasteiger partial charge in [0.15, 0.2) is 6.61 Å². The summed E-state index contributed by atoms with van der Waals surface area (Å²) in [7, 11) is 0. The zero-order valence-corrected chi connectivity index (χ0v) is 19.3. The minimum Gasteiger partial charge on any atom is -0.484 e. The van der Waals surface area contributed by atoms with Gasteiger partial charge in [0.1, 0.15) is 11.8 Å². The zero-order chi connectivity index (χ0) is 22.3. The highest BCUT2D eigenvalue weighted by Gasteiger charge is 2.29. The van der Waals surface area contributed by atoms with E-state index in [9.17, 15) is 9.59 Å². The van der Waals surface area contributed by atoms with E-state index in [1.807, 2.05) is 45.9 Å². The monoisotopic (exact) mass is 450 g/mol. The van der Waals surface area contributed by atoms with Gasteiger partial charge in [-0.3, -0.25) is 9.59 Å². The molecular formula is C23H28Cl2N2O3. The molecule has 0 heterocycles. The maximum Gasteiger partial charge on any atom is 0.261 e. The van der Waals surface area contributed by atoms with Crippen LogP contribution >= 0.6 is 23.2 Å². The van der Waals surface area contributed by atoms with Crippen LogP contribution in [0.3, 0.4) is 0 Å². The van der Waals surface area contributed by atoms with Gasteiger partial charge in [-0.15, -0.1) is 0 Å². The number of carbonyl (C=O) groups is 2. The fraction of sp³-hybridized carbons (Fsp3) is 0.391. The average molecular weight is 451 g/mol. The van der Waals surface area contributed by atoms with Crippen LogP contribution in [0.25, 0.3) is 0 Å². The molecule has 2 aromatic carbocycles. The van der Waals surface area contributed by atoms with Crippen molar-refractivity contribution in [3.05, 3.63) is 63.1 Å². The van der Waals surface area contributed by atoms with Crippen LogP contribution in [0.2, 0.25) is 10.0 Å². The van der Waals surface area contributed by atoms with E-state index in [2.05, 4.69) is 5.32 Å². The van der Waals surface area contributed by atoms with Gasteiger partial charge in [-0.05, 0) is 62.1 Å². The van der Waals surface area contributed by atoms with Crippen LogP contribution in [0.5, 0.6) is 5.75 Å². The summed E-state index contributed by atoms with van der Waals surface area (Å²) in [6.07, 6.45) is 0.473. The maximum absolute atomic E-state index is 13.1. The van der Waals surface area contributed by atoms with Crippen LogP contribution in [0.15, 0.2) is 36.4 Å². The molecule has 0 aromatic heterocycles. The van der Waals surface area contributed by atoms with Gasteiger partial charge in [0, 0.05) is 23.1 Å². The van der Waals surface area contributed by atoms with Gasteiger partial charge >= 0.3 is 0 Å². The van der Waals surface area contributed by atoms with Crippen molar-refractivity contribution < 1.29 is 14.3 Å². The van der Waals surface area contributed by atoms with E-state index in [-0.39, 0.29) is 25.0 Å². The van der Waals surface area contributed by atoms with Gasteiger partial charge in [-0.2, -0.15) is 0 Å². The second-order valence-electron chi connectivity index (χ2n) is 7.09. The summed E-state index contributed by atoms with van der Waals surface area (Å²) in [5, 5.41) is 4.03. The van der Waals surface area contributed by atoms with E-state index < -0.39 is 6.04 Å². The third-order valence-electron chi connectivity index (χ3n) is 4.81. The van der Waals surface area contributed by atoms with Gasteiger partial charge in [-0.25, -0.2) is 0 Å². The summed E-state index contributed by atoms with van der Waals surface area (Å²) in [6.45, 7) is 8.00. The third-order valence-corrected chi connectivity index (χ3v) is 5.77. The van der Waals surface area contributed by atoms with Crippen LogP contribution < -0.4 is 10.1 Å². The second kappa shape index (κ2) is 11.2. The molecule has 2 rings (SSSR count). The summed E-state index contributed by atoms with van der Waals surface area (Å²) in [5.74, 6) is 0.0726. The lowest BCUT2D eigenvalue weighted by Crippen LogP contribution is -2.50. The predicted molar refractivity (Wildman–Crippen MR) is 121 cm³/mol. The molecule has 2 amide bonds. The standard InChI is InChI=1S/C23H28Cl2N2O3/c1-5-20(23(29)26-6-2)27(13-17-9-7-8-10-19(17)24)21(28)14-30-18-11-15(3)22(25)16(4)12-18/h7-12,20H,5-6,13-14H2,1-4H3,(H,26,29)/t20-/m1/s1. The number of nitrogens with zero attached hydrogens (tertiary/aromatic N) is 1. The Bertz CT molecular complexity index is 879. The Morgan fingerprint density at radius 1 is 1.10 bits per heavy atom. The molecule has 0 spiro atoms. The molecule has 1 N–H and O–H groups in total. The summed E-state index contributed by atoms with van der Waals surface area (Å²) < 4.78 is 5.75. The van der Waals surface area contributed by atoms with Gasteiger partial charge in [0.05, 0.1) is 0 Å². The SMILES string of the molecule is CCNC(=O)[C@@H](CC)N(Cc1ccccc1Cl)C(=O)COc1cc(C)c(Cl)c(C)c1. The van der Waals surface area contributed by atoms with Crippen LogP contribution in [0.1, 0.15) is 37.0 Å². The number of benzene rings is 2. The first-order chi connectivity index (χ1) is 14.3. The molecule has 0 aliphatic rings. The molecule has 0 radical (unpaired) electrons. The minimum atomic E-state index is -0.619. The molecule has 0 unspecified atom stereocenters. The molecule has 2 aromatic rings.